The number of methoxy groups -OCH3 is 1. The van der Waals surface area contributed by atoms with E-state index in [0.717, 1.165) is 12.1 Å². The number of nitrogens with zero attached hydrogens (tertiary/aromatic N) is 2. The second-order valence-electron chi connectivity index (χ2n) is 3.71. The summed E-state index contributed by atoms with van der Waals surface area (Å²) in [5, 5.41) is 6.22. The van der Waals surface area contributed by atoms with Crippen molar-refractivity contribution in [1.29, 1.82) is 0 Å². The lowest BCUT2D eigenvalue weighted by Crippen LogP contribution is -2.01. The zero-order chi connectivity index (χ0) is 13.1. The van der Waals surface area contributed by atoms with E-state index < -0.39 is 11.6 Å². The first-order valence-corrected chi connectivity index (χ1v) is 5.29. The van der Waals surface area contributed by atoms with Crippen LogP contribution in [-0.4, -0.2) is 22.3 Å². The van der Waals surface area contributed by atoms with Gasteiger partial charge in [0, 0.05) is 24.1 Å². The van der Waals surface area contributed by atoms with Crippen molar-refractivity contribution < 1.29 is 13.5 Å². The maximum absolute atomic E-state index is 13.6. The van der Waals surface area contributed by atoms with E-state index >= 15 is 0 Å². The van der Waals surface area contributed by atoms with Gasteiger partial charge < -0.3 is 10.5 Å². The summed E-state index contributed by atoms with van der Waals surface area (Å²) in [6, 6.07) is 2.29. The number of hydrogen-bond acceptors (Lipinski definition) is 4. The quantitative estimate of drug-likeness (QED) is 0.866. The van der Waals surface area contributed by atoms with Crippen molar-refractivity contribution in [2.45, 2.75) is 12.8 Å². The van der Waals surface area contributed by atoms with Crippen molar-refractivity contribution >= 4 is 5.95 Å². The van der Waals surface area contributed by atoms with Crippen LogP contribution in [0, 0.1) is 11.6 Å². The Balaban J connectivity index is 2.14. The highest BCUT2D eigenvalue weighted by Crippen LogP contribution is 2.21. The lowest BCUT2D eigenvalue weighted by Gasteiger charge is -2.06. The Morgan fingerprint density at radius 1 is 1.28 bits per heavy atom. The van der Waals surface area contributed by atoms with Gasteiger partial charge in [0.2, 0.25) is 5.95 Å². The van der Waals surface area contributed by atoms with E-state index in [-0.39, 0.29) is 23.7 Å². The minimum Gasteiger partial charge on any atom is -0.497 e. The standard InChI is InChI=1S/C11H12F2N4O/c1-18-6-4-8(12)7(9(13)5-6)2-3-10-15-11(14)17-16-10/h4-5H,2-3H2,1H3,(H3,14,15,16,17). The van der Waals surface area contributed by atoms with Gasteiger partial charge in [-0.3, -0.25) is 5.10 Å². The number of anilines is 1. The molecule has 2 rings (SSSR count). The van der Waals surface area contributed by atoms with Crippen LogP contribution in [0.3, 0.4) is 0 Å². The Hall–Kier alpha value is -2.18. The van der Waals surface area contributed by atoms with Gasteiger partial charge in [-0.05, 0) is 6.42 Å². The Morgan fingerprint density at radius 2 is 1.94 bits per heavy atom. The topological polar surface area (TPSA) is 76.8 Å². The van der Waals surface area contributed by atoms with E-state index in [1.54, 1.807) is 0 Å². The highest BCUT2D eigenvalue weighted by atomic mass is 19.1. The fourth-order valence-corrected chi connectivity index (χ4v) is 1.60. The number of aromatic amines is 1. The number of nitrogen functional groups attached to an aromatic ring is 1. The van der Waals surface area contributed by atoms with Crippen molar-refractivity contribution in [2.24, 2.45) is 0 Å². The maximum Gasteiger partial charge on any atom is 0.239 e. The van der Waals surface area contributed by atoms with Crippen LogP contribution in [0.1, 0.15) is 11.4 Å². The lowest BCUT2D eigenvalue weighted by atomic mass is 10.1. The van der Waals surface area contributed by atoms with Crippen molar-refractivity contribution in [2.75, 3.05) is 12.8 Å². The summed E-state index contributed by atoms with van der Waals surface area (Å²) in [6.45, 7) is 0. The minimum atomic E-state index is -0.640. The van der Waals surface area contributed by atoms with Crippen molar-refractivity contribution in [3.63, 3.8) is 0 Å². The summed E-state index contributed by atoms with van der Waals surface area (Å²) in [4.78, 5) is 3.86. The summed E-state index contributed by atoms with van der Waals surface area (Å²) < 4.78 is 32.0. The second kappa shape index (κ2) is 4.99. The Bertz CT molecular complexity index is 533. The molecule has 0 aliphatic carbocycles. The van der Waals surface area contributed by atoms with E-state index in [1.165, 1.54) is 7.11 Å². The molecule has 0 atom stereocenters. The van der Waals surface area contributed by atoms with Gasteiger partial charge in [-0.15, -0.1) is 5.10 Å². The summed E-state index contributed by atoms with van der Waals surface area (Å²) >= 11 is 0. The van der Waals surface area contributed by atoms with Gasteiger partial charge >= 0.3 is 0 Å². The molecular weight excluding hydrogens is 242 g/mol. The maximum atomic E-state index is 13.6. The zero-order valence-corrected chi connectivity index (χ0v) is 9.70. The van der Waals surface area contributed by atoms with Crippen LogP contribution in [0.4, 0.5) is 14.7 Å². The predicted octanol–water partition coefficient (Wildman–Crippen LogP) is 1.46. The number of hydrogen-bond donors (Lipinski definition) is 2. The molecule has 0 radical (unpaired) electrons. The van der Waals surface area contributed by atoms with Crippen LogP contribution in [-0.2, 0) is 12.8 Å². The smallest absolute Gasteiger partial charge is 0.239 e. The van der Waals surface area contributed by atoms with Gasteiger partial charge in [0.1, 0.15) is 23.2 Å². The summed E-state index contributed by atoms with van der Waals surface area (Å²) in [5.41, 5.74) is 5.32. The largest absolute Gasteiger partial charge is 0.497 e. The molecule has 1 heterocycles. The van der Waals surface area contributed by atoms with Crippen LogP contribution >= 0.6 is 0 Å². The average molecular weight is 254 g/mol. The Kier molecular flexibility index (Phi) is 3.40. The normalized spacial score (nSPS) is 10.6. The first kappa shape index (κ1) is 12.3. The van der Waals surface area contributed by atoms with E-state index in [1.807, 2.05) is 0 Å². The molecule has 0 saturated carbocycles. The molecular formula is C11H12F2N4O. The molecule has 3 N–H and O–H groups in total. The third-order valence-corrected chi connectivity index (χ3v) is 2.51. The number of aromatic nitrogens is 3. The fourth-order valence-electron chi connectivity index (χ4n) is 1.60. The number of nitrogens with one attached hydrogen (secondary N) is 1. The highest BCUT2D eigenvalue weighted by Gasteiger charge is 2.12. The Labute approximate surface area is 102 Å². The molecule has 1 aromatic carbocycles. The average Bonchev–Trinajstić information content (AvgIpc) is 2.73. The second-order valence-corrected chi connectivity index (χ2v) is 3.71. The number of benzene rings is 1. The molecule has 1 aromatic heterocycles. The third kappa shape index (κ3) is 2.55. The van der Waals surface area contributed by atoms with Crippen molar-refractivity contribution in [3.8, 4) is 5.75 Å². The summed E-state index contributed by atoms with van der Waals surface area (Å²) in [5.74, 6) is -0.529. The van der Waals surface area contributed by atoms with Crippen LogP contribution in [0.15, 0.2) is 12.1 Å². The number of nitrogens with two attached hydrogens (primary N) is 1. The Morgan fingerprint density at radius 3 is 2.44 bits per heavy atom. The van der Waals surface area contributed by atoms with Crippen LogP contribution in [0.2, 0.25) is 0 Å². The molecule has 0 fully saturated rings. The molecule has 0 saturated heterocycles. The molecule has 0 amide bonds. The summed E-state index contributed by atoms with van der Waals surface area (Å²) in [7, 11) is 1.35. The van der Waals surface area contributed by atoms with Crippen LogP contribution in [0.5, 0.6) is 5.75 Å². The first-order chi connectivity index (χ1) is 8.60. The molecule has 2 aromatic rings. The van der Waals surface area contributed by atoms with Crippen molar-refractivity contribution in [1.82, 2.24) is 15.2 Å². The molecule has 18 heavy (non-hydrogen) atoms. The molecule has 7 heteroatoms. The predicted molar refractivity (Wildman–Crippen MR) is 61.1 cm³/mol. The molecule has 0 aliphatic rings. The number of H-pyrrole nitrogens is 1. The molecule has 5 nitrogen and oxygen atoms in total. The van der Waals surface area contributed by atoms with Gasteiger partial charge in [-0.2, -0.15) is 4.98 Å². The third-order valence-electron chi connectivity index (χ3n) is 2.51. The van der Waals surface area contributed by atoms with E-state index in [0.29, 0.717) is 12.2 Å². The van der Waals surface area contributed by atoms with E-state index in [9.17, 15) is 8.78 Å². The van der Waals surface area contributed by atoms with Gasteiger partial charge in [-0.1, -0.05) is 0 Å². The van der Waals surface area contributed by atoms with Crippen LogP contribution in [0.25, 0.3) is 0 Å². The van der Waals surface area contributed by atoms with Gasteiger partial charge in [0.25, 0.3) is 0 Å². The number of halogens is 2. The molecule has 96 valence electrons. The molecule has 0 bridgehead atoms. The summed E-state index contributed by atoms with van der Waals surface area (Å²) in [6.07, 6.45) is 0.487. The SMILES string of the molecule is COc1cc(F)c(CCc2nc(N)n[nH]2)c(F)c1. The first-order valence-electron chi connectivity index (χ1n) is 5.29. The van der Waals surface area contributed by atoms with E-state index in [2.05, 4.69) is 15.2 Å². The molecule has 0 unspecified atom stereocenters. The number of aryl methyl sites for hydroxylation is 1. The number of ether oxygens (including phenoxy) is 1. The van der Waals surface area contributed by atoms with E-state index in [4.69, 9.17) is 10.5 Å². The lowest BCUT2D eigenvalue weighted by molar-refractivity contribution is 0.405. The van der Waals surface area contributed by atoms with Gasteiger partial charge in [0.05, 0.1) is 7.11 Å². The van der Waals surface area contributed by atoms with Gasteiger partial charge in [0.15, 0.2) is 0 Å². The molecule has 0 spiro atoms. The fraction of sp³-hybridized carbons (Fsp3) is 0.273. The monoisotopic (exact) mass is 254 g/mol. The zero-order valence-electron chi connectivity index (χ0n) is 9.70. The van der Waals surface area contributed by atoms with Gasteiger partial charge in [-0.25, -0.2) is 8.78 Å². The van der Waals surface area contributed by atoms with Crippen molar-refractivity contribution in [3.05, 3.63) is 35.2 Å². The minimum absolute atomic E-state index is 0.00854. The molecule has 0 aliphatic heterocycles. The number of rotatable bonds is 4. The highest BCUT2D eigenvalue weighted by molar-refractivity contribution is 5.31. The van der Waals surface area contributed by atoms with Crippen LogP contribution < -0.4 is 10.5 Å².